The maximum Gasteiger partial charge on any atom is 0.216 e. The molecule has 0 atom stereocenters. The van der Waals surface area contributed by atoms with Crippen LogP contribution in [0.3, 0.4) is 0 Å². The van der Waals surface area contributed by atoms with E-state index < -0.39 is 14.8 Å². The highest BCUT2D eigenvalue weighted by Gasteiger charge is 2.26. The van der Waals surface area contributed by atoms with Crippen LogP contribution in [0, 0.1) is 32.5 Å². The van der Waals surface area contributed by atoms with Crippen molar-refractivity contribution in [2.24, 2.45) is 39.5 Å². The van der Waals surface area contributed by atoms with Gasteiger partial charge in [0.25, 0.3) is 0 Å². The van der Waals surface area contributed by atoms with Gasteiger partial charge in [-0.15, -0.1) is 5.10 Å². The van der Waals surface area contributed by atoms with Crippen LogP contribution in [0.4, 0.5) is 0 Å². The standard InChI is InChI=1S/C7H16.C6H15N.C6H12O.C6H14.C5H13NO2S.2C5H12.C3H5N3/c1-5-6-7(2,3)4;1-6(2,3)5-7-4;1-5(7)6(2,3)4;1-5-6(2,3)4;1-5(2,3)9(7,8)6-4;2*1-5(2,3)4;1-6-3-2-4-5-6/h5-6H2,1-4H3;7H,5H2,1-4H3;1-4H3;5H2,1-4H3;6H,1-4H3;2*1-4H3;2-3H,1H3. The van der Waals surface area contributed by atoms with E-state index >= 15 is 0 Å². The van der Waals surface area contributed by atoms with Gasteiger partial charge in [0.2, 0.25) is 10.0 Å². The zero-order valence-corrected chi connectivity index (χ0v) is 41.8. The molecule has 0 unspecified atom stereocenters. The molecule has 0 aromatic carbocycles. The second-order valence-electron chi connectivity index (χ2n) is 22.0. The molecule has 0 saturated carbocycles. The number of aryl methyl sites for hydroxylation is 1. The molecule has 0 radical (unpaired) electrons. The number of aromatic nitrogens is 3. The Labute approximate surface area is 329 Å². The van der Waals surface area contributed by atoms with Crippen LogP contribution in [0.2, 0.25) is 0 Å². The van der Waals surface area contributed by atoms with E-state index in [-0.39, 0.29) is 11.2 Å². The molecule has 0 aliphatic rings. The Morgan fingerprint density at radius 2 is 0.962 bits per heavy atom. The van der Waals surface area contributed by atoms with Crippen molar-refractivity contribution in [2.75, 3.05) is 20.6 Å². The van der Waals surface area contributed by atoms with E-state index in [1.54, 1.807) is 44.8 Å². The Morgan fingerprint density at radius 3 is 0.981 bits per heavy atom. The molecule has 0 amide bonds. The van der Waals surface area contributed by atoms with Gasteiger partial charge in [-0.3, -0.25) is 9.48 Å². The average molecular weight is 766 g/mol. The number of Topliss-reactive ketones (excluding diaryl/α,β-unsaturated/α-hetero) is 1. The molecule has 320 valence electrons. The Morgan fingerprint density at radius 1 is 0.654 bits per heavy atom. The quantitative estimate of drug-likeness (QED) is 0.317. The smallest absolute Gasteiger partial charge is 0.216 e. The van der Waals surface area contributed by atoms with Crippen molar-refractivity contribution >= 4 is 15.8 Å². The number of carbonyl (C=O) groups excluding carboxylic acids is 1. The summed E-state index contributed by atoms with van der Waals surface area (Å²) in [6, 6.07) is 0. The number of carbonyl (C=O) groups is 1. The molecule has 0 fully saturated rings. The fourth-order valence-electron chi connectivity index (χ4n) is 1.85. The third-order valence-electron chi connectivity index (χ3n) is 5.44. The first kappa shape index (κ1) is 65.6. The molecule has 52 heavy (non-hydrogen) atoms. The van der Waals surface area contributed by atoms with Gasteiger partial charge in [0.05, 0.1) is 10.9 Å². The van der Waals surface area contributed by atoms with Crippen molar-refractivity contribution in [2.45, 2.75) is 204 Å². The van der Waals surface area contributed by atoms with Crippen molar-refractivity contribution in [3.63, 3.8) is 0 Å². The summed E-state index contributed by atoms with van der Waals surface area (Å²) < 4.78 is 25.0. The Kier molecular flexibility index (Phi) is 37.8. The highest BCUT2D eigenvalue weighted by Crippen LogP contribution is 2.19. The summed E-state index contributed by atoms with van der Waals surface area (Å²) in [4.78, 5) is 10.5. The summed E-state index contributed by atoms with van der Waals surface area (Å²) in [5.41, 5.74) is 2.39. The van der Waals surface area contributed by atoms with Crippen LogP contribution < -0.4 is 10.0 Å². The average Bonchev–Trinajstić information content (AvgIpc) is 3.31. The van der Waals surface area contributed by atoms with Gasteiger partial charge >= 0.3 is 0 Å². The van der Waals surface area contributed by atoms with E-state index in [9.17, 15) is 13.2 Å². The largest absolute Gasteiger partial charge is 0.319 e. The molecule has 0 aliphatic carbocycles. The van der Waals surface area contributed by atoms with Gasteiger partial charge in [0.1, 0.15) is 5.78 Å². The van der Waals surface area contributed by atoms with Gasteiger partial charge < -0.3 is 5.32 Å². The molecule has 1 rings (SSSR count). The minimum Gasteiger partial charge on any atom is -0.319 e. The summed E-state index contributed by atoms with van der Waals surface area (Å²) in [5, 5.41) is 10.2. The van der Waals surface area contributed by atoms with E-state index in [1.165, 1.54) is 26.3 Å². The Balaban J connectivity index is -0.0000000896. The second kappa shape index (κ2) is 30.0. The molecule has 8 nitrogen and oxygen atoms in total. The molecule has 1 aromatic rings. The van der Waals surface area contributed by atoms with Crippen molar-refractivity contribution in [3.8, 4) is 0 Å². The number of sulfonamides is 1. The number of ketones is 1. The molecule has 0 spiro atoms. The van der Waals surface area contributed by atoms with Crippen LogP contribution in [0.1, 0.15) is 199 Å². The first-order valence-electron chi connectivity index (χ1n) is 19.2. The first-order chi connectivity index (χ1) is 22.3. The second-order valence-corrected chi connectivity index (χ2v) is 24.7. The van der Waals surface area contributed by atoms with E-state index in [1.807, 2.05) is 34.9 Å². The summed E-state index contributed by atoms with van der Waals surface area (Å²) in [7, 11) is 2.14. The predicted molar refractivity (Wildman–Crippen MR) is 237 cm³/mol. The predicted octanol–water partition coefficient (Wildman–Crippen LogP) is 12.4. The van der Waals surface area contributed by atoms with Crippen molar-refractivity contribution in [3.05, 3.63) is 12.4 Å². The van der Waals surface area contributed by atoms with E-state index in [0.29, 0.717) is 27.1 Å². The molecule has 9 heteroatoms. The highest BCUT2D eigenvalue weighted by atomic mass is 32.2. The van der Waals surface area contributed by atoms with Gasteiger partial charge in [0.15, 0.2) is 0 Å². The van der Waals surface area contributed by atoms with Gasteiger partial charge in [-0.05, 0) is 81.8 Å². The lowest BCUT2D eigenvalue weighted by Crippen LogP contribution is -2.37. The van der Waals surface area contributed by atoms with E-state index in [4.69, 9.17) is 0 Å². The fraction of sp³-hybridized carbons (Fsp3) is 0.930. The lowest BCUT2D eigenvalue weighted by atomic mass is 9.91. The number of rotatable bonds is 3. The summed E-state index contributed by atoms with van der Waals surface area (Å²) >= 11 is 0. The van der Waals surface area contributed by atoms with Crippen LogP contribution in [0.25, 0.3) is 0 Å². The Bertz CT molecular complexity index is 976. The van der Waals surface area contributed by atoms with Gasteiger partial charge in [0, 0.05) is 18.7 Å². The number of hydrogen-bond acceptors (Lipinski definition) is 6. The zero-order chi connectivity index (χ0) is 44.2. The molecule has 2 N–H and O–H groups in total. The minimum absolute atomic E-state index is 0.139. The molecular formula is C43H99N5O3S. The minimum atomic E-state index is -3.09. The summed E-state index contributed by atoms with van der Waals surface area (Å²) in [5.74, 6) is 0.243. The monoisotopic (exact) mass is 766 g/mol. The van der Waals surface area contributed by atoms with E-state index in [0.717, 1.165) is 6.54 Å². The first-order valence-corrected chi connectivity index (χ1v) is 20.7. The normalized spacial score (nSPS) is 11.9. The molecular weight excluding hydrogens is 667 g/mol. The molecule has 1 aromatic heterocycles. The molecule has 0 aliphatic heterocycles. The number of nitrogens with zero attached hydrogens (tertiary/aromatic N) is 3. The lowest BCUT2D eigenvalue weighted by molar-refractivity contribution is -0.124. The molecule has 0 bridgehead atoms. The SMILES string of the molecule is CC(=O)C(C)(C)C.CC(C)(C)C.CC(C)(C)C.CCC(C)(C)C.CCCC(C)(C)C.CNCC(C)(C)C.CNS(=O)(=O)C(C)(C)C.Cn1ccnn1. The van der Waals surface area contributed by atoms with Gasteiger partial charge in [-0.2, -0.15) is 0 Å². The van der Waals surface area contributed by atoms with Crippen molar-refractivity contribution in [1.29, 1.82) is 0 Å². The zero-order valence-electron chi connectivity index (χ0n) is 41.0. The van der Waals surface area contributed by atoms with Crippen LogP contribution in [0.5, 0.6) is 0 Å². The molecule has 0 saturated heterocycles. The van der Waals surface area contributed by atoms with Crippen molar-refractivity contribution in [1.82, 2.24) is 25.0 Å². The van der Waals surface area contributed by atoms with Crippen LogP contribution in [0.15, 0.2) is 12.4 Å². The van der Waals surface area contributed by atoms with Crippen LogP contribution in [-0.2, 0) is 21.9 Å². The number of hydrogen-bond donors (Lipinski definition) is 2. The third kappa shape index (κ3) is 92.0. The third-order valence-corrected chi connectivity index (χ3v) is 7.59. The fourth-order valence-corrected chi connectivity index (χ4v) is 2.47. The number of nitrogens with one attached hydrogen (secondary N) is 2. The maximum absolute atomic E-state index is 10.9. The summed E-state index contributed by atoms with van der Waals surface area (Å²) in [6.07, 6.45) is 7.34. The topological polar surface area (TPSA) is 106 Å². The highest BCUT2D eigenvalue weighted by molar-refractivity contribution is 7.90. The van der Waals surface area contributed by atoms with Crippen LogP contribution in [-0.4, -0.2) is 54.6 Å². The summed E-state index contributed by atoms with van der Waals surface area (Å²) in [6.45, 7) is 55.5. The van der Waals surface area contributed by atoms with Gasteiger partial charge in [-0.1, -0.05) is 170 Å². The lowest BCUT2D eigenvalue weighted by Gasteiger charge is -2.17. The van der Waals surface area contributed by atoms with Crippen molar-refractivity contribution < 1.29 is 13.2 Å². The van der Waals surface area contributed by atoms with Gasteiger partial charge in [-0.25, -0.2) is 13.1 Å². The van der Waals surface area contributed by atoms with Crippen LogP contribution >= 0.6 is 0 Å². The molecule has 1 heterocycles. The Hall–Kier alpha value is -1.32. The van der Waals surface area contributed by atoms with E-state index in [2.05, 4.69) is 152 Å². The maximum atomic E-state index is 10.9.